The van der Waals surface area contributed by atoms with Crippen LogP contribution in [0.4, 0.5) is 17.5 Å². The highest BCUT2D eigenvalue weighted by atomic mass is 15.3. The van der Waals surface area contributed by atoms with Gasteiger partial charge in [-0.3, -0.25) is 0 Å². The molecule has 1 aromatic carbocycles. The van der Waals surface area contributed by atoms with E-state index >= 15 is 0 Å². The lowest BCUT2D eigenvalue weighted by atomic mass is 10.2. The van der Waals surface area contributed by atoms with Crippen LogP contribution in [0, 0.1) is 13.8 Å². The fourth-order valence-corrected chi connectivity index (χ4v) is 3.05. The number of nitrogens with zero attached hydrogens (tertiary/aromatic N) is 4. The number of aromatic nitrogens is 2. The summed E-state index contributed by atoms with van der Waals surface area (Å²) in [7, 11) is 0. The normalized spacial score (nSPS) is 14.8. The lowest BCUT2D eigenvalue weighted by Gasteiger charge is -2.37. The standard InChI is InChI=1S/C19H27N5/c1-4-8-20-19-21-16(3)14-18(22-19)24-11-9-23(10-12-24)17-7-5-6-15(2)13-17/h5-7,13-14H,4,8-12H2,1-3H3,(H,20,21,22). The fourth-order valence-electron chi connectivity index (χ4n) is 3.05. The van der Waals surface area contributed by atoms with Gasteiger partial charge in [0.25, 0.3) is 0 Å². The van der Waals surface area contributed by atoms with Gasteiger partial charge in [0.15, 0.2) is 0 Å². The van der Waals surface area contributed by atoms with Crippen molar-refractivity contribution in [1.29, 1.82) is 0 Å². The molecule has 5 heteroatoms. The van der Waals surface area contributed by atoms with Crippen LogP contribution < -0.4 is 15.1 Å². The van der Waals surface area contributed by atoms with Gasteiger partial charge in [-0.05, 0) is 38.0 Å². The molecular weight excluding hydrogens is 298 g/mol. The summed E-state index contributed by atoms with van der Waals surface area (Å²) >= 11 is 0. The third-order valence-electron chi connectivity index (χ3n) is 4.34. The van der Waals surface area contributed by atoms with Crippen LogP contribution in [-0.2, 0) is 0 Å². The number of hydrogen-bond acceptors (Lipinski definition) is 5. The molecule has 0 bridgehead atoms. The summed E-state index contributed by atoms with van der Waals surface area (Å²) in [6.07, 6.45) is 1.07. The van der Waals surface area contributed by atoms with E-state index in [0.717, 1.165) is 56.6 Å². The molecule has 2 heterocycles. The Hall–Kier alpha value is -2.30. The van der Waals surface area contributed by atoms with Gasteiger partial charge in [0.05, 0.1) is 0 Å². The largest absolute Gasteiger partial charge is 0.368 e. The van der Waals surface area contributed by atoms with Crippen molar-refractivity contribution in [3.05, 3.63) is 41.6 Å². The molecule has 0 spiro atoms. The first-order valence-corrected chi connectivity index (χ1v) is 8.82. The van der Waals surface area contributed by atoms with E-state index in [1.165, 1.54) is 11.3 Å². The summed E-state index contributed by atoms with van der Waals surface area (Å²) in [5.74, 6) is 1.78. The summed E-state index contributed by atoms with van der Waals surface area (Å²) < 4.78 is 0. The van der Waals surface area contributed by atoms with Gasteiger partial charge in [0.2, 0.25) is 5.95 Å². The molecule has 0 amide bonds. The van der Waals surface area contributed by atoms with Gasteiger partial charge in [-0.2, -0.15) is 4.98 Å². The molecule has 1 N–H and O–H groups in total. The average Bonchev–Trinajstić information content (AvgIpc) is 2.60. The zero-order valence-corrected chi connectivity index (χ0v) is 14.9. The number of benzene rings is 1. The molecule has 0 radical (unpaired) electrons. The zero-order valence-electron chi connectivity index (χ0n) is 14.9. The summed E-state index contributed by atoms with van der Waals surface area (Å²) in [5, 5.41) is 3.30. The van der Waals surface area contributed by atoms with Gasteiger partial charge < -0.3 is 15.1 Å². The third kappa shape index (κ3) is 3.96. The molecule has 5 nitrogen and oxygen atoms in total. The Bertz CT molecular complexity index is 677. The van der Waals surface area contributed by atoms with Crippen molar-refractivity contribution in [1.82, 2.24) is 9.97 Å². The van der Waals surface area contributed by atoms with Gasteiger partial charge in [0, 0.05) is 50.2 Å². The van der Waals surface area contributed by atoms with Crippen LogP contribution in [0.5, 0.6) is 0 Å². The third-order valence-corrected chi connectivity index (χ3v) is 4.34. The Labute approximate surface area is 144 Å². The SMILES string of the molecule is CCCNc1nc(C)cc(N2CCN(c3cccc(C)c3)CC2)n1. The Kier molecular flexibility index (Phi) is 5.18. The molecule has 3 rings (SSSR count). The van der Waals surface area contributed by atoms with Gasteiger partial charge in [0.1, 0.15) is 5.82 Å². The van der Waals surface area contributed by atoms with Crippen LogP contribution in [-0.4, -0.2) is 42.7 Å². The highest BCUT2D eigenvalue weighted by molar-refractivity contribution is 5.52. The summed E-state index contributed by atoms with van der Waals surface area (Å²) in [5.41, 5.74) is 3.64. The Morgan fingerprint density at radius 2 is 1.75 bits per heavy atom. The lowest BCUT2D eigenvalue weighted by molar-refractivity contribution is 0.646. The Morgan fingerprint density at radius 3 is 2.46 bits per heavy atom. The number of piperazine rings is 1. The highest BCUT2D eigenvalue weighted by Crippen LogP contribution is 2.21. The fraction of sp³-hybridized carbons (Fsp3) is 0.474. The molecule has 1 aliphatic rings. The van der Waals surface area contributed by atoms with E-state index in [1.54, 1.807) is 0 Å². The van der Waals surface area contributed by atoms with Crippen molar-refractivity contribution in [2.75, 3.05) is 47.8 Å². The topological polar surface area (TPSA) is 44.3 Å². The van der Waals surface area contributed by atoms with Crippen LogP contribution in [0.25, 0.3) is 0 Å². The first kappa shape index (κ1) is 16.6. The van der Waals surface area contributed by atoms with Gasteiger partial charge in [-0.1, -0.05) is 19.1 Å². The predicted molar refractivity (Wildman–Crippen MR) is 101 cm³/mol. The molecule has 1 aromatic heterocycles. The van der Waals surface area contributed by atoms with E-state index in [9.17, 15) is 0 Å². The van der Waals surface area contributed by atoms with Gasteiger partial charge >= 0.3 is 0 Å². The summed E-state index contributed by atoms with van der Waals surface area (Å²) in [6, 6.07) is 10.8. The van der Waals surface area contributed by atoms with Crippen LogP contribution >= 0.6 is 0 Å². The molecule has 1 saturated heterocycles. The molecule has 0 atom stereocenters. The molecule has 0 unspecified atom stereocenters. The lowest BCUT2D eigenvalue weighted by Crippen LogP contribution is -2.47. The quantitative estimate of drug-likeness (QED) is 0.914. The first-order valence-electron chi connectivity index (χ1n) is 8.82. The van der Waals surface area contributed by atoms with Crippen molar-refractivity contribution in [3.8, 4) is 0 Å². The molecular formula is C19H27N5. The number of nitrogens with one attached hydrogen (secondary N) is 1. The van der Waals surface area contributed by atoms with E-state index < -0.39 is 0 Å². The van der Waals surface area contributed by atoms with E-state index in [0.29, 0.717) is 0 Å². The Balaban J connectivity index is 1.67. The summed E-state index contributed by atoms with van der Waals surface area (Å²) in [6.45, 7) is 11.2. The van der Waals surface area contributed by atoms with Crippen molar-refractivity contribution >= 4 is 17.5 Å². The van der Waals surface area contributed by atoms with E-state index in [4.69, 9.17) is 4.98 Å². The predicted octanol–water partition coefficient (Wildman–Crippen LogP) is 3.24. The minimum Gasteiger partial charge on any atom is -0.368 e. The molecule has 1 fully saturated rings. The number of aryl methyl sites for hydroxylation is 2. The Morgan fingerprint density at radius 1 is 1.00 bits per heavy atom. The second-order valence-electron chi connectivity index (χ2n) is 6.43. The average molecular weight is 325 g/mol. The van der Waals surface area contributed by atoms with Crippen molar-refractivity contribution in [2.24, 2.45) is 0 Å². The number of rotatable bonds is 5. The van der Waals surface area contributed by atoms with Gasteiger partial charge in [-0.15, -0.1) is 0 Å². The van der Waals surface area contributed by atoms with Crippen LogP contribution in [0.1, 0.15) is 24.6 Å². The van der Waals surface area contributed by atoms with E-state index in [1.807, 2.05) is 6.92 Å². The maximum absolute atomic E-state index is 4.69. The highest BCUT2D eigenvalue weighted by Gasteiger charge is 2.19. The maximum Gasteiger partial charge on any atom is 0.224 e. The first-order chi connectivity index (χ1) is 11.7. The van der Waals surface area contributed by atoms with Crippen molar-refractivity contribution in [3.63, 3.8) is 0 Å². The second kappa shape index (κ2) is 7.51. The van der Waals surface area contributed by atoms with Crippen molar-refractivity contribution < 1.29 is 0 Å². The molecule has 128 valence electrons. The van der Waals surface area contributed by atoms with Crippen LogP contribution in [0.15, 0.2) is 30.3 Å². The molecule has 24 heavy (non-hydrogen) atoms. The van der Waals surface area contributed by atoms with Gasteiger partial charge in [-0.25, -0.2) is 4.98 Å². The number of anilines is 3. The second-order valence-corrected chi connectivity index (χ2v) is 6.43. The van der Waals surface area contributed by atoms with E-state index in [-0.39, 0.29) is 0 Å². The molecule has 2 aromatic rings. The molecule has 1 aliphatic heterocycles. The maximum atomic E-state index is 4.69. The summed E-state index contributed by atoms with van der Waals surface area (Å²) in [4.78, 5) is 14.0. The molecule has 0 saturated carbocycles. The smallest absolute Gasteiger partial charge is 0.224 e. The van der Waals surface area contributed by atoms with Crippen molar-refractivity contribution in [2.45, 2.75) is 27.2 Å². The minimum atomic E-state index is 0.743. The van der Waals surface area contributed by atoms with Crippen LogP contribution in [0.3, 0.4) is 0 Å². The number of hydrogen-bond donors (Lipinski definition) is 1. The zero-order chi connectivity index (χ0) is 16.9. The van der Waals surface area contributed by atoms with E-state index in [2.05, 4.69) is 64.3 Å². The molecule has 0 aliphatic carbocycles. The van der Waals surface area contributed by atoms with Crippen LogP contribution in [0.2, 0.25) is 0 Å². The minimum absolute atomic E-state index is 0.743. The monoisotopic (exact) mass is 325 g/mol.